The van der Waals surface area contributed by atoms with Crippen molar-refractivity contribution in [2.24, 2.45) is 0 Å². The molecular weight excluding hydrogens is 356 g/mol. The maximum atomic E-state index is 5.56. The Hall–Kier alpha value is -2.78. The molecule has 0 aromatic heterocycles. The van der Waals surface area contributed by atoms with Crippen molar-refractivity contribution < 1.29 is 4.74 Å². The fourth-order valence-electron chi connectivity index (χ4n) is 4.68. The standard InChI is InChI=1S/C26H30N2O/c1-26(22-13-5-3-6-14-22)25(27-20-21-12-9-10-17-24(21)29-2)18-11-19-28(26)23-15-7-4-8-16-23/h3-10,12-17,25,27H,11,18-20H2,1-2H3. The highest BCUT2D eigenvalue weighted by Crippen LogP contribution is 2.41. The molecule has 3 nitrogen and oxygen atoms in total. The van der Waals surface area contributed by atoms with E-state index < -0.39 is 0 Å². The Morgan fingerprint density at radius 2 is 1.59 bits per heavy atom. The van der Waals surface area contributed by atoms with Gasteiger partial charge in [0.2, 0.25) is 0 Å². The van der Waals surface area contributed by atoms with Crippen LogP contribution in [0.1, 0.15) is 30.9 Å². The maximum Gasteiger partial charge on any atom is 0.123 e. The summed E-state index contributed by atoms with van der Waals surface area (Å²) in [5.74, 6) is 0.942. The fourth-order valence-corrected chi connectivity index (χ4v) is 4.68. The number of benzene rings is 3. The van der Waals surface area contributed by atoms with Gasteiger partial charge in [0.05, 0.1) is 12.6 Å². The molecule has 2 unspecified atom stereocenters. The fraction of sp³-hybridized carbons (Fsp3) is 0.308. The third-order valence-electron chi connectivity index (χ3n) is 6.27. The average molecular weight is 387 g/mol. The normalized spacial score (nSPS) is 21.7. The Labute approximate surface area is 174 Å². The highest BCUT2D eigenvalue weighted by Gasteiger charge is 2.43. The molecule has 0 aliphatic carbocycles. The number of nitrogens with one attached hydrogen (secondary N) is 1. The molecule has 3 heteroatoms. The first-order chi connectivity index (χ1) is 14.2. The predicted molar refractivity (Wildman–Crippen MR) is 120 cm³/mol. The number of rotatable bonds is 6. The zero-order valence-electron chi connectivity index (χ0n) is 17.3. The molecule has 1 N–H and O–H groups in total. The molecule has 3 aromatic rings. The lowest BCUT2D eigenvalue weighted by atomic mass is 9.77. The van der Waals surface area contributed by atoms with Crippen LogP contribution in [0.4, 0.5) is 5.69 Å². The Morgan fingerprint density at radius 3 is 2.31 bits per heavy atom. The third kappa shape index (κ3) is 3.88. The Morgan fingerprint density at radius 1 is 0.931 bits per heavy atom. The minimum absolute atomic E-state index is 0.136. The van der Waals surface area contributed by atoms with Gasteiger partial charge in [-0.25, -0.2) is 0 Å². The molecule has 1 aliphatic rings. The molecule has 0 amide bonds. The van der Waals surface area contributed by atoms with E-state index in [1.54, 1.807) is 7.11 Å². The molecule has 150 valence electrons. The summed E-state index contributed by atoms with van der Waals surface area (Å²) in [5, 5.41) is 3.88. The van der Waals surface area contributed by atoms with E-state index in [4.69, 9.17) is 4.74 Å². The van der Waals surface area contributed by atoms with Gasteiger partial charge in [-0.05, 0) is 43.5 Å². The first-order valence-corrected chi connectivity index (χ1v) is 10.5. The van der Waals surface area contributed by atoms with Gasteiger partial charge >= 0.3 is 0 Å². The molecule has 0 radical (unpaired) electrons. The van der Waals surface area contributed by atoms with Crippen LogP contribution >= 0.6 is 0 Å². The summed E-state index contributed by atoms with van der Waals surface area (Å²) >= 11 is 0. The maximum absolute atomic E-state index is 5.56. The van der Waals surface area contributed by atoms with Gasteiger partial charge in [0.15, 0.2) is 0 Å². The minimum atomic E-state index is -0.136. The van der Waals surface area contributed by atoms with Crippen LogP contribution in [0, 0.1) is 0 Å². The second kappa shape index (κ2) is 8.71. The van der Waals surface area contributed by atoms with Crippen molar-refractivity contribution in [1.29, 1.82) is 0 Å². The minimum Gasteiger partial charge on any atom is -0.496 e. The van der Waals surface area contributed by atoms with Crippen molar-refractivity contribution in [3.05, 3.63) is 96.1 Å². The molecule has 1 fully saturated rings. The van der Waals surface area contributed by atoms with Gasteiger partial charge in [0.1, 0.15) is 5.75 Å². The molecule has 0 saturated carbocycles. The van der Waals surface area contributed by atoms with Crippen molar-refractivity contribution >= 4 is 5.69 Å². The number of ether oxygens (including phenoxy) is 1. The quantitative estimate of drug-likeness (QED) is 0.616. The SMILES string of the molecule is COc1ccccc1CNC1CCCN(c2ccccc2)C1(C)c1ccccc1. The Bertz CT molecular complexity index is 912. The predicted octanol–water partition coefficient (Wildman–Crippen LogP) is 5.37. The molecule has 3 aromatic carbocycles. The second-order valence-electron chi connectivity index (χ2n) is 7.89. The topological polar surface area (TPSA) is 24.5 Å². The van der Waals surface area contributed by atoms with E-state index in [1.165, 1.54) is 23.2 Å². The number of anilines is 1. The van der Waals surface area contributed by atoms with Gasteiger partial charge in [-0.3, -0.25) is 0 Å². The zero-order chi connectivity index (χ0) is 20.1. The van der Waals surface area contributed by atoms with Crippen LogP contribution in [0.5, 0.6) is 5.75 Å². The van der Waals surface area contributed by atoms with Crippen molar-refractivity contribution in [3.63, 3.8) is 0 Å². The molecule has 2 atom stereocenters. The summed E-state index contributed by atoms with van der Waals surface area (Å²) in [6, 6.07) is 30.3. The van der Waals surface area contributed by atoms with Gasteiger partial charge in [0.25, 0.3) is 0 Å². The summed E-state index contributed by atoms with van der Waals surface area (Å²) < 4.78 is 5.56. The summed E-state index contributed by atoms with van der Waals surface area (Å²) in [5.41, 5.74) is 3.69. The van der Waals surface area contributed by atoms with E-state index in [2.05, 4.69) is 89.9 Å². The molecule has 1 heterocycles. The largest absolute Gasteiger partial charge is 0.496 e. The number of hydrogen-bond donors (Lipinski definition) is 1. The average Bonchev–Trinajstić information content (AvgIpc) is 2.79. The molecule has 4 rings (SSSR count). The number of hydrogen-bond acceptors (Lipinski definition) is 3. The van der Waals surface area contributed by atoms with Crippen LogP contribution in [0.3, 0.4) is 0 Å². The lowest BCUT2D eigenvalue weighted by Crippen LogP contribution is -2.60. The van der Waals surface area contributed by atoms with Crippen LogP contribution in [0.2, 0.25) is 0 Å². The molecule has 1 saturated heterocycles. The first kappa shape index (κ1) is 19.5. The van der Waals surface area contributed by atoms with Gasteiger partial charge in [-0.2, -0.15) is 0 Å². The summed E-state index contributed by atoms with van der Waals surface area (Å²) in [6.45, 7) is 4.23. The van der Waals surface area contributed by atoms with Crippen molar-refractivity contribution in [1.82, 2.24) is 5.32 Å². The van der Waals surface area contributed by atoms with E-state index >= 15 is 0 Å². The van der Waals surface area contributed by atoms with Gasteiger partial charge in [-0.1, -0.05) is 66.7 Å². The van der Waals surface area contributed by atoms with E-state index in [0.29, 0.717) is 6.04 Å². The third-order valence-corrected chi connectivity index (χ3v) is 6.27. The summed E-state index contributed by atoms with van der Waals surface area (Å²) in [4.78, 5) is 2.58. The van der Waals surface area contributed by atoms with Crippen LogP contribution in [0.25, 0.3) is 0 Å². The van der Waals surface area contributed by atoms with Crippen molar-refractivity contribution in [3.8, 4) is 5.75 Å². The lowest BCUT2D eigenvalue weighted by molar-refractivity contribution is 0.244. The smallest absolute Gasteiger partial charge is 0.123 e. The number of piperidine rings is 1. The molecule has 29 heavy (non-hydrogen) atoms. The molecule has 1 aliphatic heterocycles. The Kier molecular flexibility index (Phi) is 5.86. The van der Waals surface area contributed by atoms with Gasteiger partial charge < -0.3 is 15.0 Å². The molecule has 0 bridgehead atoms. The number of para-hydroxylation sites is 2. The van der Waals surface area contributed by atoms with E-state index in [1.807, 2.05) is 12.1 Å². The highest BCUT2D eigenvalue weighted by molar-refractivity contribution is 5.53. The van der Waals surface area contributed by atoms with Gasteiger partial charge in [-0.15, -0.1) is 0 Å². The molecule has 0 spiro atoms. The van der Waals surface area contributed by atoms with Crippen molar-refractivity contribution in [2.75, 3.05) is 18.6 Å². The summed E-state index contributed by atoms with van der Waals surface area (Å²) in [7, 11) is 1.74. The lowest BCUT2D eigenvalue weighted by Gasteiger charge is -2.52. The Balaban J connectivity index is 1.68. The van der Waals surface area contributed by atoms with Gasteiger partial charge in [0, 0.05) is 30.4 Å². The van der Waals surface area contributed by atoms with Crippen LogP contribution in [-0.2, 0) is 12.1 Å². The summed E-state index contributed by atoms with van der Waals surface area (Å²) in [6.07, 6.45) is 2.31. The van der Waals surface area contributed by atoms with Crippen LogP contribution in [-0.4, -0.2) is 19.7 Å². The van der Waals surface area contributed by atoms with E-state index in [0.717, 1.165) is 25.3 Å². The van der Waals surface area contributed by atoms with E-state index in [9.17, 15) is 0 Å². The number of methoxy groups -OCH3 is 1. The monoisotopic (exact) mass is 386 g/mol. The highest BCUT2D eigenvalue weighted by atomic mass is 16.5. The van der Waals surface area contributed by atoms with Crippen LogP contribution in [0.15, 0.2) is 84.9 Å². The van der Waals surface area contributed by atoms with Crippen molar-refractivity contribution in [2.45, 2.75) is 37.9 Å². The van der Waals surface area contributed by atoms with E-state index in [-0.39, 0.29) is 5.54 Å². The first-order valence-electron chi connectivity index (χ1n) is 10.5. The second-order valence-corrected chi connectivity index (χ2v) is 7.89. The zero-order valence-corrected chi connectivity index (χ0v) is 17.3. The van der Waals surface area contributed by atoms with Crippen LogP contribution < -0.4 is 15.0 Å². The number of nitrogens with zero attached hydrogens (tertiary/aromatic N) is 1. The molecular formula is C26H30N2O.